The largest absolute Gasteiger partial charge is 0.481 e. The third kappa shape index (κ3) is 5.94. The van der Waals surface area contributed by atoms with Gasteiger partial charge in [-0.3, -0.25) is 9.59 Å². The lowest BCUT2D eigenvalue weighted by Gasteiger charge is -2.01. The summed E-state index contributed by atoms with van der Waals surface area (Å²) in [6, 6.07) is 5.04. The summed E-state index contributed by atoms with van der Waals surface area (Å²) in [4.78, 5) is 21.2. The van der Waals surface area contributed by atoms with Gasteiger partial charge in [0.25, 0.3) is 0 Å². The standard InChI is InChI=1S/C14H14ClNO3/c1-10(17)16-7-3-2-4-11-5-6-12(9-14(18)19)13(15)8-11/h5-6,8H,3,7,9H2,1H3,(H,16,17)(H,18,19). The predicted molar refractivity (Wildman–Crippen MR) is 73.0 cm³/mol. The van der Waals surface area contributed by atoms with Gasteiger partial charge in [0, 0.05) is 30.5 Å². The average molecular weight is 280 g/mol. The first-order chi connectivity index (χ1) is 8.99. The van der Waals surface area contributed by atoms with Gasteiger partial charge < -0.3 is 10.4 Å². The molecule has 0 saturated heterocycles. The number of carboxylic acid groups (broad SMARTS) is 1. The van der Waals surface area contributed by atoms with E-state index in [-0.39, 0.29) is 12.3 Å². The van der Waals surface area contributed by atoms with Crippen molar-refractivity contribution >= 4 is 23.5 Å². The second kappa shape index (κ2) is 7.45. The molecule has 1 rings (SSSR count). The predicted octanol–water partition coefficient (Wildman–Crippen LogP) is 1.84. The van der Waals surface area contributed by atoms with Crippen molar-refractivity contribution in [1.29, 1.82) is 0 Å². The molecule has 0 heterocycles. The van der Waals surface area contributed by atoms with Gasteiger partial charge in [-0.15, -0.1) is 0 Å². The van der Waals surface area contributed by atoms with Crippen molar-refractivity contribution in [3.63, 3.8) is 0 Å². The molecule has 0 aromatic heterocycles. The number of hydrogen-bond donors (Lipinski definition) is 2. The molecule has 0 aliphatic rings. The van der Waals surface area contributed by atoms with Crippen molar-refractivity contribution in [2.45, 2.75) is 19.8 Å². The molecule has 0 radical (unpaired) electrons. The Kier molecular flexibility index (Phi) is 5.91. The third-order valence-electron chi connectivity index (χ3n) is 2.25. The van der Waals surface area contributed by atoms with Gasteiger partial charge in [0.15, 0.2) is 0 Å². The van der Waals surface area contributed by atoms with E-state index in [1.54, 1.807) is 18.2 Å². The van der Waals surface area contributed by atoms with Crippen LogP contribution in [0.5, 0.6) is 0 Å². The third-order valence-corrected chi connectivity index (χ3v) is 2.60. The molecule has 0 unspecified atom stereocenters. The fourth-order valence-electron chi connectivity index (χ4n) is 1.40. The number of benzene rings is 1. The molecule has 5 heteroatoms. The number of rotatable bonds is 4. The maximum absolute atomic E-state index is 10.6. The molecule has 0 bridgehead atoms. The quantitative estimate of drug-likeness (QED) is 0.653. The van der Waals surface area contributed by atoms with Crippen LogP contribution in [0.2, 0.25) is 5.02 Å². The minimum Gasteiger partial charge on any atom is -0.481 e. The molecule has 0 saturated carbocycles. The van der Waals surface area contributed by atoms with E-state index in [0.29, 0.717) is 23.6 Å². The molecular formula is C14H14ClNO3. The summed E-state index contributed by atoms with van der Waals surface area (Å²) < 4.78 is 0. The maximum Gasteiger partial charge on any atom is 0.307 e. The van der Waals surface area contributed by atoms with Crippen LogP contribution in [0.3, 0.4) is 0 Å². The van der Waals surface area contributed by atoms with Gasteiger partial charge in [0.2, 0.25) is 5.91 Å². The molecule has 2 N–H and O–H groups in total. The smallest absolute Gasteiger partial charge is 0.307 e. The van der Waals surface area contributed by atoms with E-state index in [1.165, 1.54) is 6.92 Å². The molecular weight excluding hydrogens is 266 g/mol. The van der Waals surface area contributed by atoms with Crippen molar-refractivity contribution in [2.24, 2.45) is 0 Å². The van der Waals surface area contributed by atoms with Gasteiger partial charge in [0.1, 0.15) is 0 Å². The SMILES string of the molecule is CC(=O)NCCC#Cc1ccc(CC(=O)O)c(Cl)c1. The van der Waals surface area contributed by atoms with E-state index in [4.69, 9.17) is 16.7 Å². The van der Waals surface area contributed by atoms with Crippen LogP contribution < -0.4 is 5.32 Å². The first-order valence-corrected chi connectivity index (χ1v) is 6.10. The number of amides is 1. The Labute approximate surface area is 116 Å². The molecule has 4 nitrogen and oxygen atoms in total. The molecule has 1 amide bonds. The molecule has 0 aliphatic carbocycles. The van der Waals surface area contributed by atoms with Crippen LogP contribution in [-0.4, -0.2) is 23.5 Å². The van der Waals surface area contributed by atoms with Crippen LogP contribution >= 0.6 is 11.6 Å². The number of hydrogen-bond acceptors (Lipinski definition) is 2. The zero-order chi connectivity index (χ0) is 14.3. The Hall–Kier alpha value is -1.99. The highest BCUT2D eigenvalue weighted by atomic mass is 35.5. The summed E-state index contributed by atoms with van der Waals surface area (Å²) in [5, 5.41) is 11.7. The van der Waals surface area contributed by atoms with Crippen molar-refractivity contribution < 1.29 is 14.7 Å². The lowest BCUT2D eigenvalue weighted by Crippen LogP contribution is -2.20. The molecule has 0 aliphatic heterocycles. The van der Waals surface area contributed by atoms with E-state index in [9.17, 15) is 9.59 Å². The van der Waals surface area contributed by atoms with Gasteiger partial charge in [-0.1, -0.05) is 29.5 Å². The molecule has 0 spiro atoms. The number of nitrogens with one attached hydrogen (secondary N) is 1. The highest BCUT2D eigenvalue weighted by molar-refractivity contribution is 6.31. The molecule has 19 heavy (non-hydrogen) atoms. The van der Waals surface area contributed by atoms with Crippen molar-refractivity contribution in [2.75, 3.05) is 6.54 Å². The minimum atomic E-state index is -0.920. The topological polar surface area (TPSA) is 66.4 Å². The van der Waals surface area contributed by atoms with Gasteiger partial charge in [-0.2, -0.15) is 0 Å². The summed E-state index contributed by atoms with van der Waals surface area (Å²) in [5.74, 6) is 4.81. The van der Waals surface area contributed by atoms with Crippen LogP contribution in [-0.2, 0) is 16.0 Å². The highest BCUT2D eigenvalue weighted by Crippen LogP contribution is 2.18. The number of carbonyl (C=O) groups excluding carboxylic acids is 1. The van der Waals surface area contributed by atoms with Crippen LogP contribution in [0.15, 0.2) is 18.2 Å². The second-order valence-electron chi connectivity index (χ2n) is 3.91. The normalized spacial score (nSPS) is 9.37. The minimum absolute atomic E-state index is 0.0807. The Bertz CT molecular complexity index is 543. The zero-order valence-corrected chi connectivity index (χ0v) is 11.3. The van der Waals surface area contributed by atoms with Crippen molar-refractivity contribution in [3.05, 3.63) is 34.3 Å². The fourth-order valence-corrected chi connectivity index (χ4v) is 1.64. The first kappa shape index (κ1) is 15.1. The van der Waals surface area contributed by atoms with E-state index >= 15 is 0 Å². The summed E-state index contributed by atoms with van der Waals surface area (Å²) in [5.41, 5.74) is 1.29. The van der Waals surface area contributed by atoms with Crippen LogP contribution in [0.25, 0.3) is 0 Å². The molecule has 0 fully saturated rings. The van der Waals surface area contributed by atoms with E-state index in [2.05, 4.69) is 17.2 Å². The lowest BCUT2D eigenvalue weighted by atomic mass is 10.1. The van der Waals surface area contributed by atoms with Crippen molar-refractivity contribution in [1.82, 2.24) is 5.32 Å². The highest BCUT2D eigenvalue weighted by Gasteiger charge is 2.05. The molecule has 100 valence electrons. The zero-order valence-electron chi connectivity index (χ0n) is 10.5. The molecule has 0 atom stereocenters. The molecule has 1 aromatic rings. The first-order valence-electron chi connectivity index (χ1n) is 5.72. The Morgan fingerprint density at radius 1 is 1.42 bits per heavy atom. The summed E-state index contributed by atoms with van der Waals surface area (Å²) in [7, 11) is 0. The summed E-state index contributed by atoms with van der Waals surface area (Å²) >= 11 is 5.97. The number of halogens is 1. The van der Waals surface area contributed by atoms with E-state index in [1.807, 2.05) is 0 Å². The average Bonchev–Trinajstić information content (AvgIpc) is 2.31. The maximum atomic E-state index is 10.6. The summed E-state index contributed by atoms with van der Waals surface area (Å²) in [6.45, 7) is 1.96. The lowest BCUT2D eigenvalue weighted by molar-refractivity contribution is -0.136. The fraction of sp³-hybridized carbons (Fsp3) is 0.286. The van der Waals surface area contributed by atoms with Gasteiger partial charge >= 0.3 is 5.97 Å². The van der Waals surface area contributed by atoms with E-state index in [0.717, 1.165) is 5.56 Å². The molecule has 1 aromatic carbocycles. The van der Waals surface area contributed by atoms with Crippen LogP contribution in [0.4, 0.5) is 0 Å². The van der Waals surface area contributed by atoms with Crippen LogP contribution in [0.1, 0.15) is 24.5 Å². The number of aliphatic carboxylic acids is 1. The van der Waals surface area contributed by atoms with E-state index < -0.39 is 5.97 Å². The Balaban J connectivity index is 2.61. The van der Waals surface area contributed by atoms with Crippen molar-refractivity contribution in [3.8, 4) is 11.8 Å². The Morgan fingerprint density at radius 3 is 2.74 bits per heavy atom. The van der Waals surface area contributed by atoms with Gasteiger partial charge in [-0.05, 0) is 17.7 Å². The number of carbonyl (C=O) groups is 2. The Morgan fingerprint density at radius 2 is 2.16 bits per heavy atom. The van der Waals surface area contributed by atoms with Crippen LogP contribution in [0, 0.1) is 11.8 Å². The summed E-state index contributed by atoms with van der Waals surface area (Å²) in [6.07, 6.45) is 0.448. The number of carboxylic acids is 1. The van der Waals surface area contributed by atoms with Gasteiger partial charge in [0.05, 0.1) is 6.42 Å². The second-order valence-corrected chi connectivity index (χ2v) is 4.32. The van der Waals surface area contributed by atoms with Gasteiger partial charge in [-0.25, -0.2) is 0 Å². The monoisotopic (exact) mass is 279 g/mol.